The van der Waals surface area contributed by atoms with Gasteiger partial charge in [0.25, 0.3) is 0 Å². The van der Waals surface area contributed by atoms with Gasteiger partial charge < -0.3 is 91.3 Å². The minimum atomic E-state index is -1.91. The van der Waals surface area contributed by atoms with E-state index in [-0.39, 0.29) is 101 Å². The standard InChI is InChI=1S/C57H83N17O15S2/c1-29-43(76)23-32(21-33-20-30-10-2-4-12-34(30)66-33)50(83)69-36(14-6-7-17-45(59)60)51(84)68-35(48(61)81)13-5-3-11-31-22-44(77)40(67-46(78)25-58)27-90-91-28-41(54(87)65-29)73-52(85)37(15-8-18-64-57(62)63)70-55(88)42-16-9-19-74(42)56(89)38(24-47(79)80)71-53(86)39(26-75)72-49(31)82/h2-5,10,12,20,29,31-32,35-42,66,75H,6-9,11,13-19,21-28,58H2,1H3,(H3,59,60)(H2,61,81)(H,65,87)(H,67,78)(H,68,84)(H,69,83)(H,70,88)(H,71,86)(H,72,82)(H,73,85)(H,79,80)(H4,62,63,64)/t29-,31+,32+,35-,36-,37-,38-,39-,40-,41-,42?/m0/s1. The Bertz CT molecular complexity index is 3040. The third kappa shape index (κ3) is 23.3. The number of primary amides is 1. The van der Waals surface area contributed by atoms with Crippen molar-refractivity contribution >= 4 is 121 Å². The molecule has 10 amide bonds. The lowest BCUT2D eigenvalue weighted by molar-refractivity contribution is -0.146. The van der Waals surface area contributed by atoms with Crippen molar-refractivity contribution in [2.45, 2.75) is 151 Å². The number of carboxylic acid groups (broad SMARTS) is 1. The summed E-state index contributed by atoms with van der Waals surface area (Å²) in [6.07, 6.45) is 0.321. The molecule has 91 heavy (non-hydrogen) atoms. The first-order chi connectivity index (χ1) is 43.3. The predicted octanol–water partition coefficient (Wildman–Crippen LogP) is -4.04. The molecule has 1 aromatic carbocycles. The van der Waals surface area contributed by atoms with Crippen molar-refractivity contribution in [1.29, 1.82) is 5.41 Å². The van der Waals surface area contributed by atoms with Crippen LogP contribution in [0.3, 0.4) is 0 Å². The predicted molar refractivity (Wildman–Crippen MR) is 335 cm³/mol. The van der Waals surface area contributed by atoms with Crippen LogP contribution in [0.5, 0.6) is 0 Å². The molecule has 498 valence electrons. The number of carboxylic acids is 1. The van der Waals surface area contributed by atoms with Gasteiger partial charge in [-0.2, -0.15) is 0 Å². The summed E-state index contributed by atoms with van der Waals surface area (Å²) in [6.45, 7) is -0.549. The van der Waals surface area contributed by atoms with Gasteiger partial charge in [0.1, 0.15) is 42.3 Å². The average molecular weight is 1310 g/mol. The smallest absolute Gasteiger partial charge is 0.305 e. The molecule has 0 aliphatic carbocycles. The molecule has 0 radical (unpaired) electrons. The molecule has 2 fully saturated rings. The number of aliphatic hydroxyl groups is 1. The van der Waals surface area contributed by atoms with Crippen molar-refractivity contribution in [3.63, 3.8) is 0 Å². The first-order valence-electron chi connectivity index (χ1n) is 29.7. The Morgan fingerprint density at radius 1 is 0.736 bits per heavy atom. The number of benzene rings is 1. The van der Waals surface area contributed by atoms with Crippen molar-refractivity contribution in [2.24, 2.45) is 45.5 Å². The number of unbranched alkanes of at least 4 members (excludes halogenated alkanes) is 1. The molecule has 4 heterocycles. The number of para-hydroxylation sites is 1. The minimum Gasteiger partial charge on any atom is -0.481 e. The molecule has 2 saturated heterocycles. The number of H-pyrrole nitrogens is 1. The molecule has 3 aliphatic rings. The molecule has 22 N–H and O–H groups in total. The number of hydrogen-bond donors (Lipinski definition) is 17. The number of carbonyl (C=O) groups is 13. The van der Waals surface area contributed by atoms with Crippen molar-refractivity contribution in [1.82, 2.24) is 52.4 Å². The van der Waals surface area contributed by atoms with Gasteiger partial charge in [0.05, 0.1) is 43.4 Å². The second-order valence-electron chi connectivity index (χ2n) is 22.3. The minimum absolute atomic E-state index is 0.0000291. The van der Waals surface area contributed by atoms with E-state index in [4.69, 9.17) is 34.1 Å². The van der Waals surface area contributed by atoms with Crippen molar-refractivity contribution in [3.05, 3.63) is 48.2 Å². The van der Waals surface area contributed by atoms with Crippen LogP contribution in [0, 0.1) is 17.2 Å². The highest BCUT2D eigenvalue weighted by Gasteiger charge is 2.42. The second-order valence-corrected chi connectivity index (χ2v) is 24.9. The average Bonchev–Trinajstić information content (AvgIpc) is 2.00. The molecule has 32 nitrogen and oxygen atoms in total. The van der Waals surface area contributed by atoms with Crippen LogP contribution in [0.4, 0.5) is 0 Å². The van der Waals surface area contributed by atoms with E-state index in [0.29, 0.717) is 17.6 Å². The van der Waals surface area contributed by atoms with Gasteiger partial charge in [0, 0.05) is 61.0 Å². The number of allylic oxidation sites excluding steroid dienone is 1. The highest BCUT2D eigenvalue weighted by atomic mass is 33.1. The molecular weight excluding hydrogens is 1230 g/mol. The number of nitrogens with zero attached hydrogens (tertiary/aromatic N) is 2. The zero-order chi connectivity index (χ0) is 66.9. The van der Waals surface area contributed by atoms with Gasteiger partial charge >= 0.3 is 5.97 Å². The molecule has 5 rings (SSSR count). The Balaban J connectivity index is 1.67. The Hall–Kier alpha value is -8.63. The number of aliphatic imine (C=N–C) groups is 1. The van der Waals surface area contributed by atoms with E-state index in [1.54, 1.807) is 24.3 Å². The number of carbonyl (C=O) groups excluding carboxylic acids is 12. The number of guanidine groups is 1. The van der Waals surface area contributed by atoms with E-state index >= 15 is 0 Å². The van der Waals surface area contributed by atoms with Gasteiger partial charge in [-0.05, 0) is 82.2 Å². The van der Waals surface area contributed by atoms with Crippen molar-refractivity contribution in [3.8, 4) is 0 Å². The Kier molecular flexibility index (Phi) is 29.1. The van der Waals surface area contributed by atoms with E-state index in [2.05, 4.69) is 52.5 Å². The number of Topliss-reactive ketones (excluding diaryl/α,β-unsaturated/α-hetero) is 2. The summed E-state index contributed by atoms with van der Waals surface area (Å²) in [6, 6.07) is -4.86. The number of aromatic amines is 1. The number of amides is 10. The fourth-order valence-corrected chi connectivity index (χ4v) is 12.7. The zero-order valence-electron chi connectivity index (χ0n) is 50.3. The van der Waals surface area contributed by atoms with E-state index in [0.717, 1.165) is 31.9 Å². The van der Waals surface area contributed by atoms with E-state index in [1.165, 1.54) is 19.1 Å². The fourth-order valence-electron chi connectivity index (χ4n) is 10.3. The summed E-state index contributed by atoms with van der Waals surface area (Å²) >= 11 is 0. The van der Waals surface area contributed by atoms with Crippen LogP contribution < -0.4 is 71.2 Å². The molecule has 11 atom stereocenters. The van der Waals surface area contributed by atoms with Crippen molar-refractivity contribution in [2.75, 3.05) is 37.7 Å². The summed E-state index contributed by atoms with van der Waals surface area (Å²) in [5, 5.41) is 49.3. The monoisotopic (exact) mass is 1310 g/mol. The quantitative estimate of drug-likeness (QED) is 0.0236. The largest absolute Gasteiger partial charge is 0.481 e. The Labute approximate surface area is 531 Å². The van der Waals surface area contributed by atoms with Crippen LogP contribution in [0.25, 0.3) is 10.9 Å². The molecule has 3 aliphatic heterocycles. The zero-order valence-corrected chi connectivity index (χ0v) is 52.0. The lowest BCUT2D eigenvalue weighted by atomic mass is 9.92. The SMILES string of the molecule is C[C@@H]1NC(=O)[C@@H]2CSSC[C@H](NC(=O)CN)C(=O)C[C@@H](CC=CC[C@@H](C(N)=O)NC(=O)[C@H](CCCCC(=N)N)NC(=O)[C@H](Cc3cc4ccccc4[nH]3)CC1=O)C(=O)N[C@@H](CO)C(=O)N[C@@H](CC(=O)O)C(=O)N1CCCC1C(=O)N[C@@H](CCCN=C(N)N)C(=O)N2. The van der Waals surface area contributed by atoms with E-state index in [1.807, 2.05) is 6.07 Å². The highest BCUT2D eigenvalue weighted by Crippen LogP contribution is 2.27. The van der Waals surface area contributed by atoms with Crippen LogP contribution in [-0.4, -0.2) is 201 Å². The summed E-state index contributed by atoms with van der Waals surface area (Å²) in [7, 11) is 1.86. The maximum absolute atomic E-state index is 14.7. The Morgan fingerprint density at radius 3 is 2.05 bits per heavy atom. The van der Waals surface area contributed by atoms with Crippen LogP contribution in [-0.2, 0) is 68.7 Å². The summed E-state index contributed by atoms with van der Waals surface area (Å²) in [5.74, 6) is -16.4. The first kappa shape index (κ1) is 73.1. The van der Waals surface area contributed by atoms with Gasteiger partial charge in [-0.3, -0.25) is 72.7 Å². The van der Waals surface area contributed by atoms with Crippen LogP contribution >= 0.6 is 21.6 Å². The molecule has 2 aromatic rings. The molecule has 2 bridgehead atoms. The highest BCUT2D eigenvalue weighted by molar-refractivity contribution is 8.76. The number of amidine groups is 1. The number of aromatic nitrogens is 1. The third-order valence-electron chi connectivity index (χ3n) is 15.3. The molecule has 1 unspecified atom stereocenters. The lowest BCUT2D eigenvalue weighted by Gasteiger charge is -2.30. The number of nitrogens with two attached hydrogens (primary N) is 5. The maximum atomic E-state index is 14.7. The summed E-state index contributed by atoms with van der Waals surface area (Å²) in [5.41, 5.74) is 29.4. The number of aliphatic carboxylic acids is 1. The number of rotatable bonds is 17. The number of nitrogens with one attached hydrogen (secondary N) is 10. The van der Waals surface area contributed by atoms with Gasteiger partial charge in [0.2, 0.25) is 59.1 Å². The number of fused-ring (bicyclic) bond motifs is 10. The van der Waals surface area contributed by atoms with Crippen LogP contribution in [0.15, 0.2) is 47.5 Å². The lowest BCUT2D eigenvalue weighted by Crippen LogP contribution is -2.60. The molecule has 34 heteroatoms. The second kappa shape index (κ2) is 36.3. The normalized spacial score (nSPS) is 26.1. The maximum Gasteiger partial charge on any atom is 0.305 e. The van der Waals surface area contributed by atoms with Gasteiger partial charge in [-0.1, -0.05) is 58.4 Å². The molecule has 0 saturated carbocycles. The fraction of sp³-hybridized carbons (Fsp3) is 0.561. The summed E-state index contributed by atoms with van der Waals surface area (Å²) in [4.78, 5) is 191. The third-order valence-corrected chi connectivity index (χ3v) is 17.7. The Morgan fingerprint density at radius 2 is 1.38 bits per heavy atom. The first-order valence-corrected chi connectivity index (χ1v) is 32.2. The molecule has 0 spiro atoms. The van der Waals surface area contributed by atoms with Gasteiger partial charge in [-0.15, -0.1) is 0 Å². The number of hydrogen-bond acceptors (Lipinski definition) is 19. The van der Waals surface area contributed by atoms with Crippen LogP contribution in [0.1, 0.15) is 96.1 Å². The van der Waals surface area contributed by atoms with E-state index in [9.17, 15) is 72.5 Å². The van der Waals surface area contributed by atoms with Crippen molar-refractivity contribution < 1.29 is 72.5 Å². The molecule has 1 aromatic heterocycles. The number of aliphatic hydroxyl groups excluding tert-OH is 1. The molecular formula is C57H83N17O15S2. The number of ketones is 2. The summed E-state index contributed by atoms with van der Waals surface area (Å²) < 4.78 is 0. The van der Waals surface area contributed by atoms with E-state index < -0.39 is 175 Å². The topological polar surface area (TPSA) is 544 Å². The van der Waals surface area contributed by atoms with Gasteiger partial charge in [-0.25, -0.2) is 0 Å². The van der Waals surface area contributed by atoms with Gasteiger partial charge in [0.15, 0.2) is 17.5 Å². The van der Waals surface area contributed by atoms with Crippen LogP contribution in [0.2, 0.25) is 0 Å².